The predicted octanol–water partition coefficient (Wildman–Crippen LogP) is 4.95. The van der Waals surface area contributed by atoms with Crippen LogP contribution in [0.4, 0.5) is 4.39 Å². The minimum atomic E-state index is -0.142. The van der Waals surface area contributed by atoms with Gasteiger partial charge in [0.05, 0.1) is 0 Å². The average Bonchev–Trinajstić information content (AvgIpc) is 2.45. The third-order valence-electron chi connectivity index (χ3n) is 3.18. The van der Waals surface area contributed by atoms with Gasteiger partial charge in [0.15, 0.2) is 0 Å². The largest absolute Gasteiger partial charge is 0.312 e. The Bertz CT molecular complexity index is 571. The average molecular weight is 354 g/mol. The molecule has 20 heavy (non-hydrogen) atoms. The van der Waals surface area contributed by atoms with E-state index < -0.39 is 0 Å². The summed E-state index contributed by atoms with van der Waals surface area (Å²) < 4.78 is 14.7. The van der Waals surface area contributed by atoms with Gasteiger partial charge in [0.1, 0.15) is 5.82 Å². The molecule has 0 aliphatic carbocycles. The fraction of sp³-hybridized carbons (Fsp3) is 0.250. The Balaban J connectivity index is 2.05. The second-order valence-electron chi connectivity index (χ2n) is 4.61. The van der Waals surface area contributed by atoms with E-state index >= 15 is 0 Å². The van der Waals surface area contributed by atoms with Crippen LogP contribution in [0.5, 0.6) is 0 Å². The number of hydrogen-bond donors (Lipinski definition) is 1. The van der Waals surface area contributed by atoms with Crippen LogP contribution in [0.2, 0.25) is 0 Å². The van der Waals surface area contributed by atoms with Crippen molar-refractivity contribution in [2.45, 2.75) is 17.9 Å². The summed E-state index contributed by atoms with van der Waals surface area (Å²) >= 11 is 5.19. The number of rotatable bonds is 5. The highest BCUT2D eigenvalue weighted by Gasteiger charge is 2.11. The zero-order chi connectivity index (χ0) is 14.5. The number of halogens is 2. The molecule has 0 aliphatic rings. The van der Waals surface area contributed by atoms with Gasteiger partial charge < -0.3 is 5.32 Å². The summed E-state index contributed by atoms with van der Waals surface area (Å²) in [5.41, 5.74) is 1.67. The first kappa shape index (κ1) is 15.5. The van der Waals surface area contributed by atoms with Crippen LogP contribution in [0.25, 0.3) is 0 Å². The minimum absolute atomic E-state index is 0.138. The van der Waals surface area contributed by atoms with Gasteiger partial charge in [0.2, 0.25) is 0 Å². The maximum absolute atomic E-state index is 13.6. The molecule has 2 aromatic rings. The molecule has 1 N–H and O–H groups in total. The molecule has 0 heterocycles. The Morgan fingerprint density at radius 2 is 1.90 bits per heavy atom. The highest BCUT2D eigenvalue weighted by molar-refractivity contribution is 9.10. The fourth-order valence-electron chi connectivity index (χ4n) is 1.88. The van der Waals surface area contributed by atoms with Crippen molar-refractivity contribution in [3.05, 3.63) is 63.9 Å². The maximum Gasteiger partial charge on any atom is 0.126 e. The molecule has 1 atom stereocenters. The second-order valence-corrected chi connectivity index (χ2v) is 6.62. The highest BCUT2D eigenvalue weighted by atomic mass is 79.9. The summed E-state index contributed by atoms with van der Waals surface area (Å²) in [5, 5.41) is 3.25. The Hall–Kier alpha value is -0.840. The summed E-state index contributed by atoms with van der Waals surface area (Å²) in [6, 6.07) is 13.8. The fourth-order valence-corrected chi connectivity index (χ4v) is 3.19. The van der Waals surface area contributed by atoms with Gasteiger partial charge in [-0.3, -0.25) is 0 Å². The van der Waals surface area contributed by atoms with E-state index in [0.29, 0.717) is 5.56 Å². The zero-order valence-electron chi connectivity index (χ0n) is 11.5. The van der Waals surface area contributed by atoms with Crippen LogP contribution >= 0.6 is 27.7 Å². The Morgan fingerprint density at radius 3 is 2.50 bits per heavy atom. The van der Waals surface area contributed by atoms with Crippen LogP contribution in [-0.4, -0.2) is 12.8 Å². The van der Waals surface area contributed by atoms with E-state index in [1.807, 2.05) is 31.3 Å². The summed E-state index contributed by atoms with van der Waals surface area (Å²) in [5.74, 6) is 0.720. The Kier molecular flexibility index (Phi) is 5.64. The topological polar surface area (TPSA) is 12.0 Å². The van der Waals surface area contributed by atoms with Crippen molar-refractivity contribution in [2.24, 2.45) is 0 Å². The molecular weight excluding hydrogens is 337 g/mol. The van der Waals surface area contributed by atoms with Crippen molar-refractivity contribution in [3.8, 4) is 0 Å². The van der Waals surface area contributed by atoms with Crippen LogP contribution in [-0.2, 0) is 0 Å². The number of benzene rings is 2. The molecular formula is C16H17BrFNS. The van der Waals surface area contributed by atoms with E-state index in [1.165, 1.54) is 4.90 Å². The second kappa shape index (κ2) is 7.25. The molecule has 1 nitrogen and oxygen atoms in total. The van der Waals surface area contributed by atoms with E-state index in [1.54, 1.807) is 24.8 Å². The molecule has 0 aromatic heterocycles. The zero-order valence-corrected chi connectivity index (χ0v) is 13.9. The van der Waals surface area contributed by atoms with Crippen molar-refractivity contribution in [1.82, 2.24) is 5.32 Å². The molecule has 0 aliphatic heterocycles. The van der Waals surface area contributed by atoms with E-state index in [-0.39, 0.29) is 11.9 Å². The highest BCUT2D eigenvalue weighted by Crippen LogP contribution is 2.26. The van der Waals surface area contributed by atoms with E-state index in [4.69, 9.17) is 0 Å². The number of nitrogens with one attached hydrogen (secondary N) is 1. The standard InChI is InChI=1S/C16H17BrFNS/c1-11-3-4-12(9-15(11)18)16(19-2)10-20-14-7-5-13(17)6-8-14/h3-9,16,19H,10H2,1-2H3. The SMILES string of the molecule is CNC(CSc1ccc(Br)cc1)c1ccc(C)c(F)c1. The summed E-state index contributed by atoms with van der Waals surface area (Å²) in [6.45, 7) is 1.78. The molecule has 0 bridgehead atoms. The predicted molar refractivity (Wildman–Crippen MR) is 87.8 cm³/mol. The molecule has 2 rings (SSSR count). The molecule has 0 radical (unpaired) electrons. The van der Waals surface area contributed by atoms with Crippen molar-refractivity contribution >= 4 is 27.7 Å². The van der Waals surface area contributed by atoms with E-state index in [0.717, 1.165) is 15.8 Å². The molecule has 0 amide bonds. The first-order chi connectivity index (χ1) is 9.60. The normalized spacial score (nSPS) is 12.4. The Labute approximate surface area is 132 Å². The lowest BCUT2D eigenvalue weighted by atomic mass is 10.1. The number of aryl methyl sites for hydroxylation is 1. The van der Waals surface area contributed by atoms with Crippen LogP contribution in [0.1, 0.15) is 17.2 Å². The van der Waals surface area contributed by atoms with Crippen LogP contribution in [0, 0.1) is 12.7 Å². The maximum atomic E-state index is 13.6. The van der Waals surface area contributed by atoms with Crippen LogP contribution in [0.3, 0.4) is 0 Å². The van der Waals surface area contributed by atoms with Gasteiger partial charge in [-0.2, -0.15) is 0 Å². The Morgan fingerprint density at radius 1 is 1.20 bits per heavy atom. The summed E-state index contributed by atoms with van der Waals surface area (Å²) in [6.07, 6.45) is 0. The van der Waals surface area contributed by atoms with E-state index in [9.17, 15) is 4.39 Å². The quantitative estimate of drug-likeness (QED) is 0.763. The van der Waals surface area contributed by atoms with Crippen molar-refractivity contribution in [2.75, 3.05) is 12.8 Å². The van der Waals surface area contributed by atoms with Crippen molar-refractivity contribution in [1.29, 1.82) is 0 Å². The molecule has 0 spiro atoms. The van der Waals surface area contributed by atoms with Gasteiger partial charge in [0.25, 0.3) is 0 Å². The van der Waals surface area contributed by atoms with Gasteiger partial charge in [-0.15, -0.1) is 11.8 Å². The first-order valence-corrected chi connectivity index (χ1v) is 8.19. The van der Waals surface area contributed by atoms with Gasteiger partial charge in [-0.1, -0.05) is 28.1 Å². The van der Waals surface area contributed by atoms with Crippen LogP contribution < -0.4 is 5.32 Å². The molecule has 4 heteroatoms. The lowest BCUT2D eigenvalue weighted by molar-refractivity contribution is 0.603. The van der Waals surface area contributed by atoms with Crippen LogP contribution in [0.15, 0.2) is 51.8 Å². The monoisotopic (exact) mass is 353 g/mol. The van der Waals surface area contributed by atoms with Gasteiger partial charge >= 0.3 is 0 Å². The molecule has 0 fully saturated rings. The number of hydrogen-bond acceptors (Lipinski definition) is 2. The summed E-state index contributed by atoms with van der Waals surface area (Å²) in [7, 11) is 1.91. The third-order valence-corrected chi connectivity index (χ3v) is 4.81. The molecule has 1 unspecified atom stereocenters. The molecule has 0 saturated carbocycles. The van der Waals surface area contributed by atoms with Gasteiger partial charge in [-0.25, -0.2) is 4.39 Å². The van der Waals surface area contributed by atoms with Crippen molar-refractivity contribution < 1.29 is 4.39 Å². The smallest absolute Gasteiger partial charge is 0.126 e. The minimum Gasteiger partial charge on any atom is -0.312 e. The lowest BCUT2D eigenvalue weighted by Gasteiger charge is -2.17. The molecule has 106 valence electrons. The first-order valence-electron chi connectivity index (χ1n) is 6.42. The van der Waals surface area contributed by atoms with Gasteiger partial charge in [-0.05, 0) is 55.4 Å². The van der Waals surface area contributed by atoms with Gasteiger partial charge in [0, 0.05) is 21.2 Å². The lowest BCUT2D eigenvalue weighted by Crippen LogP contribution is -2.18. The van der Waals surface area contributed by atoms with E-state index in [2.05, 4.69) is 33.4 Å². The number of thioether (sulfide) groups is 1. The third kappa shape index (κ3) is 4.08. The van der Waals surface area contributed by atoms with Crippen molar-refractivity contribution in [3.63, 3.8) is 0 Å². The molecule has 0 saturated heterocycles. The summed E-state index contributed by atoms with van der Waals surface area (Å²) in [4.78, 5) is 1.21. The molecule has 2 aromatic carbocycles.